The predicted octanol–water partition coefficient (Wildman–Crippen LogP) is 10.1. The molecule has 9 nitrogen and oxygen atoms in total. The molecule has 0 saturated carbocycles. The molecule has 47 heavy (non-hydrogen) atoms. The predicted molar refractivity (Wildman–Crippen MR) is 192 cm³/mol. The third-order valence-electron chi connectivity index (χ3n) is 8.35. The van der Waals surface area contributed by atoms with Gasteiger partial charge in [-0.3, -0.25) is 18.6 Å². The van der Waals surface area contributed by atoms with Gasteiger partial charge in [0.2, 0.25) is 0 Å². The molecule has 0 aliphatic rings. The van der Waals surface area contributed by atoms with Crippen molar-refractivity contribution in [3.8, 4) is 0 Å². The topological polar surface area (TPSA) is 108 Å². The summed E-state index contributed by atoms with van der Waals surface area (Å²) in [6, 6.07) is 0. The van der Waals surface area contributed by atoms with Gasteiger partial charge in [0.05, 0.1) is 40.9 Å². The first kappa shape index (κ1) is 46.0. The van der Waals surface area contributed by atoms with Gasteiger partial charge in [-0.15, -0.1) is 0 Å². The number of hydrogen-bond acceptors (Lipinski definition) is 7. The van der Waals surface area contributed by atoms with Crippen LogP contribution in [0.5, 0.6) is 0 Å². The number of carbonyl (C=O) groups is 2. The maximum absolute atomic E-state index is 12.5. The van der Waals surface area contributed by atoms with Gasteiger partial charge in [0.15, 0.2) is 6.10 Å². The van der Waals surface area contributed by atoms with Crippen molar-refractivity contribution in [2.45, 2.75) is 180 Å². The van der Waals surface area contributed by atoms with E-state index < -0.39 is 26.5 Å². The Morgan fingerprint density at radius 3 is 1.40 bits per heavy atom. The summed E-state index contributed by atoms with van der Waals surface area (Å²) < 4.78 is 34.3. The van der Waals surface area contributed by atoms with E-state index in [9.17, 15) is 19.0 Å². The van der Waals surface area contributed by atoms with E-state index in [1.54, 1.807) is 0 Å². The lowest BCUT2D eigenvalue weighted by molar-refractivity contribution is -0.870. The number of quaternary nitrogens is 1. The van der Waals surface area contributed by atoms with Crippen LogP contribution < -0.4 is 0 Å². The minimum Gasteiger partial charge on any atom is -0.462 e. The van der Waals surface area contributed by atoms with Crippen LogP contribution >= 0.6 is 7.82 Å². The molecule has 2 unspecified atom stereocenters. The zero-order valence-electron chi connectivity index (χ0n) is 31.3. The van der Waals surface area contributed by atoms with E-state index in [1.165, 1.54) is 96.3 Å². The Kier molecular flexibility index (Phi) is 30.4. The minimum absolute atomic E-state index is 0.0697. The van der Waals surface area contributed by atoms with Gasteiger partial charge < -0.3 is 18.9 Å². The first-order valence-corrected chi connectivity index (χ1v) is 20.8. The lowest BCUT2D eigenvalue weighted by Gasteiger charge is -2.24. The molecule has 0 aliphatic carbocycles. The molecule has 0 amide bonds. The zero-order chi connectivity index (χ0) is 35.1. The molecule has 0 radical (unpaired) electrons. The smallest absolute Gasteiger partial charge is 0.462 e. The van der Waals surface area contributed by atoms with Crippen LogP contribution in [0, 0.1) is 0 Å². The second-order valence-corrected chi connectivity index (χ2v) is 15.8. The Morgan fingerprint density at radius 1 is 0.574 bits per heavy atom. The Morgan fingerprint density at radius 2 is 0.979 bits per heavy atom. The number of hydrogen-bond donors (Lipinski definition) is 1. The average molecular weight is 693 g/mol. The van der Waals surface area contributed by atoms with Crippen LogP contribution in [0.2, 0.25) is 0 Å². The van der Waals surface area contributed by atoms with Crippen molar-refractivity contribution >= 4 is 19.8 Å². The molecule has 1 N–H and O–H groups in total. The zero-order valence-corrected chi connectivity index (χ0v) is 32.2. The molecule has 0 aromatic carbocycles. The first-order chi connectivity index (χ1) is 22.5. The summed E-state index contributed by atoms with van der Waals surface area (Å²) in [6.07, 6.45) is 26.5. The standard InChI is InChI=1S/C37H74NO8P/c1-6-8-10-12-14-15-16-17-18-19-20-21-23-24-26-29-36(39)43-33-35(46-37(40)30-27-25-22-13-11-9-7-2)34-45-47(41,42)44-32-28-31-38(3,4)5/h35H,6-34H2,1-5H3/p+1. The number of unbranched alkanes of at least 4 members (excludes halogenated alkanes) is 20. The van der Waals surface area contributed by atoms with Gasteiger partial charge in [-0.05, 0) is 12.8 Å². The van der Waals surface area contributed by atoms with Crippen LogP contribution in [-0.2, 0) is 32.7 Å². The fourth-order valence-electron chi connectivity index (χ4n) is 5.42. The highest BCUT2D eigenvalue weighted by Crippen LogP contribution is 2.43. The third-order valence-corrected chi connectivity index (χ3v) is 9.33. The molecule has 0 saturated heterocycles. The maximum atomic E-state index is 12.5. The van der Waals surface area contributed by atoms with Gasteiger partial charge in [0.1, 0.15) is 6.61 Å². The van der Waals surface area contributed by atoms with Crippen molar-refractivity contribution in [3.63, 3.8) is 0 Å². The lowest BCUT2D eigenvalue weighted by atomic mass is 10.0. The number of rotatable bonds is 35. The minimum atomic E-state index is -4.34. The fourth-order valence-corrected chi connectivity index (χ4v) is 6.21. The largest absolute Gasteiger partial charge is 0.472 e. The average Bonchev–Trinajstić information content (AvgIpc) is 3.01. The van der Waals surface area contributed by atoms with Crippen LogP contribution in [0.3, 0.4) is 0 Å². The van der Waals surface area contributed by atoms with Crippen LogP contribution in [-0.4, -0.2) is 74.9 Å². The van der Waals surface area contributed by atoms with E-state index in [4.69, 9.17) is 18.5 Å². The second kappa shape index (κ2) is 31.0. The van der Waals surface area contributed by atoms with Crippen molar-refractivity contribution in [2.75, 3.05) is 47.5 Å². The highest BCUT2D eigenvalue weighted by atomic mass is 31.2. The van der Waals surface area contributed by atoms with E-state index in [-0.39, 0.29) is 25.6 Å². The Balaban J connectivity index is 4.34. The van der Waals surface area contributed by atoms with Crippen LogP contribution in [0.4, 0.5) is 0 Å². The normalized spacial score (nSPS) is 13.7. The van der Waals surface area contributed by atoms with Gasteiger partial charge in [-0.2, -0.15) is 0 Å². The molecular weight excluding hydrogens is 617 g/mol. The monoisotopic (exact) mass is 693 g/mol. The Hall–Kier alpha value is -0.990. The summed E-state index contributed by atoms with van der Waals surface area (Å²) in [4.78, 5) is 35.0. The van der Waals surface area contributed by atoms with Crippen molar-refractivity contribution < 1.29 is 42.1 Å². The van der Waals surface area contributed by atoms with Gasteiger partial charge in [0, 0.05) is 19.3 Å². The quantitative estimate of drug-likeness (QED) is 0.0303. The molecule has 280 valence electrons. The van der Waals surface area contributed by atoms with Gasteiger partial charge in [-0.1, -0.05) is 142 Å². The highest BCUT2D eigenvalue weighted by Gasteiger charge is 2.26. The molecule has 10 heteroatoms. The molecular formula is C37H75NO8P+. The van der Waals surface area contributed by atoms with Crippen LogP contribution in [0.1, 0.15) is 174 Å². The maximum Gasteiger partial charge on any atom is 0.472 e. The molecule has 0 aromatic heterocycles. The number of ether oxygens (including phenoxy) is 2. The number of esters is 2. The van der Waals surface area contributed by atoms with Gasteiger partial charge >= 0.3 is 19.8 Å². The summed E-state index contributed by atoms with van der Waals surface area (Å²) in [5.41, 5.74) is 0. The second-order valence-electron chi connectivity index (χ2n) is 14.3. The molecule has 0 spiro atoms. The highest BCUT2D eigenvalue weighted by molar-refractivity contribution is 7.47. The number of phosphoric acid groups is 1. The van der Waals surface area contributed by atoms with Crippen molar-refractivity contribution in [2.24, 2.45) is 0 Å². The summed E-state index contributed by atoms with van der Waals surface area (Å²) >= 11 is 0. The van der Waals surface area contributed by atoms with E-state index in [1.807, 2.05) is 21.1 Å². The van der Waals surface area contributed by atoms with Crippen LogP contribution in [0.15, 0.2) is 0 Å². The van der Waals surface area contributed by atoms with Crippen molar-refractivity contribution in [3.05, 3.63) is 0 Å². The van der Waals surface area contributed by atoms with Crippen molar-refractivity contribution in [1.82, 2.24) is 0 Å². The molecule has 0 aromatic rings. The summed E-state index contributed by atoms with van der Waals surface area (Å²) in [6.45, 7) is 4.67. The SMILES string of the molecule is CCCCCCCCCCCCCCCCCC(=O)OCC(COP(=O)(O)OCCC[N+](C)(C)C)OC(=O)CCCCCCCCC. The molecule has 0 aliphatic heterocycles. The van der Waals surface area contributed by atoms with E-state index in [0.29, 0.717) is 23.7 Å². The summed E-state index contributed by atoms with van der Waals surface area (Å²) in [5, 5.41) is 0. The molecule has 2 atom stereocenters. The van der Waals surface area contributed by atoms with Gasteiger partial charge in [-0.25, -0.2) is 4.57 Å². The van der Waals surface area contributed by atoms with Crippen LogP contribution in [0.25, 0.3) is 0 Å². The number of phosphoric ester groups is 1. The fraction of sp³-hybridized carbons (Fsp3) is 0.946. The van der Waals surface area contributed by atoms with Crippen molar-refractivity contribution in [1.29, 1.82) is 0 Å². The van der Waals surface area contributed by atoms with E-state index >= 15 is 0 Å². The first-order valence-electron chi connectivity index (χ1n) is 19.3. The molecule has 0 heterocycles. The number of carbonyl (C=O) groups excluding carboxylic acids is 2. The summed E-state index contributed by atoms with van der Waals surface area (Å²) in [7, 11) is 1.74. The third kappa shape index (κ3) is 34.7. The molecule has 0 fully saturated rings. The van der Waals surface area contributed by atoms with E-state index in [0.717, 1.165) is 45.1 Å². The molecule has 0 bridgehead atoms. The summed E-state index contributed by atoms with van der Waals surface area (Å²) in [5.74, 6) is -0.793. The Labute approximate surface area is 289 Å². The lowest BCUT2D eigenvalue weighted by Crippen LogP contribution is -2.35. The molecule has 0 rings (SSSR count). The number of nitrogens with zero attached hydrogens (tertiary/aromatic N) is 1. The van der Waals surface area contributed by atoms with Gasteiger partial charge in [0.25, 0.3) is 0 Å². The van der Waals surface area contributed by atoms with E-state index in [2.05, 4.69) is 13.8 Å². The Bertz CT molecular complexity index is 789.